The third-order valence-corrected chi connectivity index (χ3v) is 2.50. The first-order valence-electron chi connectivity index (χ1n) is 5.79. The predicted molar refractivity (Wildman–Crippen MR) is 65.6 cm³/mol. The van der Waals surface area contributed by atoms with Crippen molar-refractivity contribution in [3.8, 4) is 5.75 Å². The third kappa shape index (κ3) is 2.01. The van der Waals surface area contributed by atoms with Crippen LogP contribution in [0.5, 0.6) is 5.75 Å². The molecule has 6 nitrogen and oxygen atoms in total. The molecule has 0 bridgehead atoms. The van der Waals surface area contributed by atoms with Crippen LogP contribution in [0, 0.1) is 0 Å². The zero-order valence-corrected chi connectivity index (χ0v) is 10.6. The summed E-state index contributed by atoms with van der Waals surface area (Å²) in [5, 5.41) is 4.11. The van der Waals surface area contributed by atoms with E-state index in [0.29, 0.717) is 35.6 Å². The summed E-state index contributed by atoms with van der Waals surface area (Å²) in [6.07, 6.45) is 3.10. The Morgan fingerprint density at radius 3 is 2.78 bits per heavy atom. The number of fused-ring (bicyclic) bond motifs is 1. The summed E-state index contributed by atoms with van der Waals surface area (Å²) in [7, 11) is 1.78. The maximum atomic E-state index is 11.8. The number of nitrogens with zero attached hydrogens (tertiary/aromatic N) is 3. The minimum Gasteiger partial charge on any atom is -0.491 e. The largest absolute Gasteiger partial charge is 0.491 e. The fraction of sp³-hybridized carbons (Fsp3) is 0.417. The van der Waals surface area contributed by atoms with Crippen molar-refractivity contribution in [2.75, 3.05) is 13.2 Å². The van der Waals surface area contributed by atoms with Crippen molar-refractivity contribution in [2.24, 2.45) is 7.05 Å². The molecule has 0 aliphatic heterocycles. The van der Waals surface area contributed by atoms with Gasteiger partial charge in [-0.1, -0.05) is 0 Å². The lowest BCUT2D eigenvalue weighted by atomic mass is 10.2. The molecule has 2 aromatic rings. The number of aromatic nitrogens is 3. The minimum absolute atomic E-state index is 0.313. The molecule has 6 heteroatoms. The molecule has 0 atom stereocenters. The molecule has 0 aromatic carbocycles. The van der Waals surface area contributed by atoms with Gasteiger partial charge >= 0.3 is 5.97 Å². The average Bonchev–Trinajstić information content (AvgIpc) is 2.72. The number of pyridine rings is 1. The lowest BCUT2D eigenvalue weighted by Gasteiger charge is -2.10. The Hall–Kier alpha value is -2.11. The molecule has 2 rings (SSSR count). The van der Waals surface area contributed by atoms with Crippen LogP contribution in [0.4, 0.5) is 0 Å². The number of carbonyl (C=O) groups excluding carboxylic acids is 1. The molecule has 0 aliphatic carbocycles. The Morgan fingerprint density at radius 1 is 1.33 bits per heavy atom. The van der Waals surface area contributed by atoms with Crippen LogP contribution in [0.2, 0.25) is 0 Å². The maximum absolute atomic E-state index is 11.8. The first-order chi connectivity index (χ1) is 8.69. The highest BCUT2D eigenvalue weighted by Crippen LogP contribution is 2.28. The van der Waals surface area contributed by atoms with Crippen LogP contribution in [0.3, 0.4) is 0 Å². The molecular weight excluding hydrogens is 234 g/mol. The molecule has 0 saturated heterocycles. The van der Waals surface area contributed by atoms with Gasteiger partial charge in [0.2, 0.25) is 0 Å². The molecule has 0 amide bonds. The van der Waals surface area contributed by atoms with Gasteiger partial charge in [0.15, 0.2) is 5.75 Å². The standard InChI is InChI=1S/C12H15N3O3/c1-4-17-11-8(12(16)18-5-2)6-13-9-7-14-15(3)10(9)11/h6-7H,4-5H2,1-3H3. The van der Waals surface area contributed by atoms with Crippen molar-refractivity contribution in [2.45, 2.75) is 13.8 Å². The summed E-state index contributed by atoms with van der Waals surface area (Å²) in [6, 6.07) is 0. The first-order valence-corrected chi connectivity index (χ1v) is 5.79. The molecule has 0 spiro atoms. The third-order valence-electron chi connectivity index (χ3n) is 2.50. The first kappa shape index (κ1) is 12.3. The van der Waals surface area contributed by atoms with Gasteiger partial charge < -0.3 is 9.47 Å². The Balaban J connectivity index is 2.61. The fourth-order valence-corrected chi connectivity index (χ4v) is 1.75. The smallest absolute Gasteiger partial charge is 0.343 e. The van der Waals surface area contributed by atoms with Gasteiger partial charge in [-0.25, -0.2) is 4.79 Å². The monoisotopic (exact) mass is 249 g/mol. The molecule has 0 fully saturated rings. The van der Waals surface area contributed by atoms with Crippen LogP contribution in [0.1, 0.15) is 24.2 Å². The van der Waals surface area contributed by atoms with Crippen LogP contribution in [0.15, 0.2) is 12.4 Å². The van der Waals surface area contributed by atoms with Crippen LogP contribution < -0.4 is 4.74 Å². The van der Waals surface area contributed by atoms with E-state index in [0.717, 1.165) is 0 Å². The molecule has 96 valence electrons. The van der Waals surface area contributed by atoms with E-state index < -0.39 is 5.97 Å². The van der Waals surface area contributed by atoms with E-state index in [1.165, 1.54) is 6.20 Å². The van der Waals surface area contributed by atoms with Gasteiger partial charge in [0.25, 0.3) is 0 Å². The molecule has 0 aliphatic rings. The van der Waals surface area contributed by atoms with Gasteiger partial charge in [-0.2, -0.15) is 5.10 Å². The van der Waals surface area contributed by atoms with E-state index in [-0.39, 0.29) is 0 Å². The molecule has 2 aromatic heterocycles. The van der Waals surface area contributed by atoms with E-state index in [9.17, 15) is 4.79 Å². The second-order valence-corrected chi connectivity index (χ2v) is 3.66. The Kier molecular flexibility index (Phi) is 3.45. The molecule has 0 N–H and O–H groups in total. The Labute approximate surface area is 105 Å². The van der Waals surface area contributed by atoms with Crippen molar-refractivity contribution in [3.63, 3.8) is 0 Å². The van der Waals surface area contributed by atoms with E-state index in [1.54, 1.807) is 24.9 Å². The summed E-state index contributed by atoms with van der Waals surface area (Å²) in [5.41, 5.74) is 1.71. The topological polar surface area (TPSA) is 66.2 Å². The summed E-state index contributed by atoms with van der Waals surface area (Å²) >= 11 is 0. The number of hydrogen-bond acceptors (Lipinski definition) is 5. The lowest BCUT2D eigenvalue weighted by Crippen LogP contribution is -2.09. The molecule has 0 radical (unpaired) electrons. The summed E-state index contributed by atoms with van der Waals surface area (Å²) < 4.78 is 12.2. The highest BCUT2D eigenvalue weighted by Gasteiger charge is 2.20. The van der Waals surface area contributed by atoms with E-state index in [1.807, 2.05) is 6.92 Å². The van der Waals surface area contributed by atoms with Crippen LogP contribution in [-0.2, 0) is 11.8 Å². The number of ether oxygens (including phenoxy) is 2. The van der Waals surface area contributed by atoms with E-state index >= 15 is 0 Å². The molecular formula is C12H15N3O3. The van der Waals surface area contributed by atoms with Crippen molar-refractivity contribution in [1.29, 1.82) is 0 Å². The van der Waals surface area contributed by atoms with Crippen LogP contribution >= 0.6 is 0 Å². The molecule has 18 heavy (non-hydrogen) atoms. The fourth-order valence-electron chi connectivity index (χ4n) is 1.75. The van der Waals surface area contributed by atoms with E-state index in [4.69, 9.17) is 9.47 Å². The molecule has 0 saturated carbocycles. The van der Waals surface area contributed by atoms with Crippen LogP contribution in [-0.4, -0.2) is 33.9 Å². The number of rotatable bonds is 4. The normalized spacial score (nSPS) is 10.6. The van der Waals surface area contributed by atoms with Gasteiger partial charge in [0.1, 0.15) is 16.6 Å². The SMILES string of the molecule is CCOC(=O)c1cnc2cnn(C)c2c1OCC. The summed E-state index contributed by atoms with van der Waals surface area (Å²) in [5.74, 6) is 0.0394. The Bertz CT molecular complexity index is 577. The van der Waals surface area contributed by atoms with Gasteiger partial charge in [0.05, 0.1) is 19.4 Å². The van der Waals surface area contributed by atoms with Crippen molar-refractivity contribution in [3.05, 3.63) is 18.0 Å². The second kappa shape index (κ2) is 5.03. The van der Waals surface area contributed by atoms with Gasteiger partial charge in [0, 0.05) is 13.2 Å². The van der Waals surface area contributed by atoms with Gasteiger partial charge in [-0.3, -0.25) is 9.67 Å². The van der Waals surface area contributed by atoms with E-state index in [2.05, 4.69) is 10.1 Å². The maximum Gasteiger partial charge on any atom is 0.343 e. The van der Waals surface area contributed by atoms with Crippen molar-refractivity contribution in [1.82, 2.24) is 14.8 Å². The minimum atomic E-state index is -0.434. The number of esters is 1. The number of aryl methyl sites for hydroxylation is 1. The zero-order valence-electron chi connectivity index (χ0n) is 10.6. The highest BCUT2D eigenvalue weighted by atomic mass is 16.5. The summed E-state index contributed by atoms with van der Waals surface area (Å²) in [6.45, 7) is 4.39. The number of hydrogen-bond donors (Lipinski definition) is 0. The van der Waals surface area contributed by atoms with Crippen LogP contribution in [0.25, 0.3) is 11.0 Å². The Morgan fingerprint density at radius 2 is 2.11 bits per heavy atom. The predicted octanol–water partition coefficient (Wildman–Crippen LogP) is 1.54. The molecule has 0 unspecified atom stereocenters. The average molecular weight is 249 g/mol. The van der Waals surface area contributed by atoms with Gasteiger partial charge in [-0.05, 0) is 13.8 Å². The lowest BCUT2D eigenvalue weighted by molar-refractivity contribution is 0.0522. The molecule has 2 heterocycles. The zero-order chi connectivity index (χ0) is 13.1. The second-order valence-electron chi connectivity index (χ2n) is 3.66. The highest BCUT2D eigenvalue weighted by molar-refractivity contribution is 5.98. The number of carbonyl (C=O) groups is 1. The van der Waals surface area contributed by atoms with Crippen molar-refractivity contribution < 1.29 is 14.3 Å². The quantitative estimate of drug-likeness (QED) is 0.769. The van der Waals surface area contributed by atoms with Gasteiger partial charge in [-0.15, -0.1) is 0 Å². The van der Waals surface area contributed by atoms with Crippen molar-refractivity contribution >= 4 is 17.0 Å². The summed E-state index contributed by atoms with van der Waals surface area (Å²) in [4.78, 5) is 16.0.